The van der Waals surface area contributed by atoms with Gasteiger partial charge in [-0.2, -0.15) is 9.61 Å². The molecule has 0 saturated carbocycles. The maximum Gasteiger partial charge on any atom is 0.333 e. The van der Waals surface area contributed by atoms with Crippen LogP contribution in [0.4, 0.5) is 17.3 Å². The quantitative estimate of drug-likeness (QED) is 0.524. The predicted molar refractivity (Wildman–Crippen MR) is 75.4 cm³/mol. The van der Waals surface area contributed by atoms with E-state index in [0.29, 0.717) is 12.4 Å². The fourth-order valence-electron chi connectivity index (χ4n) is 1.97. The second kappa shape index (κ2) is 5.70. The number of anilines is 2. The summed E-state index contributed by atoms with van der Waals surface area (Å²) in [6.45, 7) is 2.58. The third kappa shape index (κ3) is 2.62. The Morgan fingerprint density at radius 3 is 2.95 bits per heavy atom. The van der Waals surface area contributed by atoms with Crippen molar-refractivity contribution < 1.29 is 4.92 Å². The molecule has 0 aromatic carbocycles. The summed E-state index contributed by atoms with van der Waals surface area (Å²) >= 11 is 0. The number of hydrogen-bond donors (Lipinski definition) is 3. The maximum absolute atomic E-state index is 10.9. The number of nitrogens with zero attached hydrogens (tertiary/aromatic N) is 4. The Balaban J connectivity index is 2.39. The Labute approximate surface area is 115 Å². The van der Waals surface area contributed by atoms with Crippen LogP contribution in [0, 0.1) is 10.1 Å². The summed E-state index contributed by atoms with van der Waals surface area (Å²) in [5.74, 6) is 0.770. The standard InChI is InChI=1S/C11H17N7O2/c1-2-7(3-4-12)15-10-5-9(13)17-11(16-10)8(6-14-17)18(19)20/h5-7H,2-4,12-13H2,1H3,(H,15,16)/t7-/m1/s1. The number of nitrogen functional groups attached to an aromatic ring is 1. The molecular weight excluding hydrogens is 262 g/mol. The van der Waals surface area contributed by atoms with Gasteiger partial charge in [-0.1, -0.05) is 6.92 Å². The number of nitrogens with one attached hydrogen (secondary N) is 1. The van der Waals surface area contributed by atoms with Crippen molar-refractivity contribution in [2.24, 2.45) is 5.73 Å². The third-order valence-electron chi connectivity index (χ3n) is 3.04. The molecule has 2 aromatic rings. The van der Waals surface area contributed by atoms with Crippen molar-refractivity contribution in [1.29, 1.82) is 0 Å². The second-order valence-corrected chi connectivity index (χ2v) is 4.42. The lowest BCUT2D eigenvalue weighted by Gasteiger charge is -2.16. The fraction of sp³-hybridized carbons (Fsp3) is 0.455. The fourth-order valence-corrected chi connectivity index (χ4v) is 1.97. The van der Waals surface area contributed by atoms with Crippen LogP contribution >= 0.6 is 0 Å². The first kappa shape index (κ1) is 14.0. The van der Waals surface area contributed by atoms with Gasteiger partial charge in [0.2, 0.25) is 5.65 Å². The lowest BCUT2D eigenvalue weighted by molar-refractivity contribution is -0.383. The molecule has 0 radical (unpaired) electrons. The number of rotatable bonds is 6. The zero-order valence-corrected chi connectivity index (χ0v) is 11.1. The Hall–Kier alpha value is -2.42. The Kier molecular flexibility index (Phi) is 3.99. The van der Waals surface area contributed by atoms with Crippen LogP contribution in [0.15, 0.2) is 12.3 Å². The van der Waals surface area contributed by atoms with Gasteiger partial charge in [-0.05, 0) is 19.4 Å². The van der Waals surface area contributed by atoms with Gasteiger partial charge >= 0.3 is 5.69 Å². The van der Waals surface area contributed by atoms with E-state index in [0.717, 1.165) is 19.0 Å². The Bertz CT molecular complexity index is 625. The summed E-state index contributed by atoms with van der Waals surface area (Å²) < 4.78 is 1.24. The van der Waals surface area contributed by atoms with Crippen LogP contribution in [0.2, 0.25) is 0 Å². The Morgan fingerprint density at radius 1 is 1.60 bits per heavy atom. The van der Waals surface area contributed by atoms with E-state index in [1.807, 2.05) is 6.92 Å². The minimum atomic E-state index is -0.532. The first-order valence-electron chi connectivity index (χ1n) is 6.32. The largest absolute Gasteiger partial charge is 0.383 e. The van der Waals surface area contributed by atoms with Crippen LogP contribution in [0.1, 0.15) is 19.8 Å². The van der Waals surface area contributed by atoms with E-state index in [1.165, 1.54) is 4.52 Å². The molecule has 0 spiro atoms. The van der Waals surface area contributed by atoms with E-state index in [1.54, 1.807) is 6.07 Å². The van der Waals surface area contributed by atoms with Gasteiger partial charge in [0.25, 0.3) is 0 Å². The molecule has 9 nitrogen and oxygen atoms in total. The number of fused-ring (bicyclic) bond motifs is 1. The molecule has 0 unspecified atom stereocenters. The maximum atomic E-state index is 10.9. The van der Waals surface area contributed by atoms with E-state index < -0.39 is 4.92 Å². The number of nitro groups is 1. The van der Waals surface area contributed by atoms with Crippen LogP contribution in [0.5, 0.6) is 0 Å². The minimum Gasteiger partial charge on any atom is -0.383 e. The first-order chi connectivity index (χ1) is 9.56. The van der Waals surface area contributed by atoms with Gasteiger partial charge in [0, 0.05) is 12.1 Å². The molecular formula is C11H17N7O2. The van der Waals surface area contributed by atoms with E-state index in [9.17, 15) is 10.1 Å². The van der Waals surface area contributed by atoms with Crippen LogP contribution in [-0.4, -0.2) is 32.1 Å². The van der Waals surface area contributed by atoms with Gasteiger partial charge in [0.1, 0.15) is 17.8 Å². The summed E-state index contributed by atoms with van der Waals surface area (Å²) in [6, 6.07) is 1.75. The highest BCUT2D eigenvalue weighted by atomic mass is 16.6. The molecule has 108 valence electrons. The number of hydrogen-bond acceptors (Lipinski definition) is 7. The summed E-state index contributed by atoms with van der Waals surface area (Å²) in [4.78, 5) is 14.6. The first-order valence-corrected chi connectivity index (χ1v) is 6.32. The molecule has 0 aliphatic heterocycles. The third-order valence-corrected chi connectivity index (χ3v) is 3.04. The van der Waals surface area contributed by atoms with Gasteiger partial charge in [0.05, 0.1) is 4.92 Å². The van der Waals surface area contributed by atoms with Gasteiger partial charge < -0.3 is 16.8 Å². The molecule has 1 atom stereocenters. The molecule has 9 heteroatoms. The molecule has 2 heterocycles. The van der Waals surface area contributed by atoms with E-state index in [2.05, 4.69) is 15.4 Å². The zero-order valence-electron chi connectivity index (χ0n) is 11.1. The molecule has 2 aromatic heterocycles. The summed E-state index contributed by atoms with van der Waals surface area (Å²) in [5, 5.41) is 18.0. The topological polar surface area (TPSA) is 137 Å². The molecule has 5 N–H and O–H groups in total. The van der Waals surface area contributed by atoms with Crippen LogP contribution in [-0.2, 0) is 0 Å². The lowest BCUT2D eigenvalue weighted by Crippen LogP contribution is -2.23. The Morgan fingerprint density at radius 2 is 2.35 bits per heavy atom. The molecule has 0 aliphatic carbocycles. The molecule has 0 fully saturated rings. The van der Waals surface area contributed by atoms with Gasteiger partial charge in [0.15, 0.2) is 0 Å². The van der Waals surface area contributed by atoms with E-state index in [-0.39, 0.29) is 23.2 Å². The molecule has 0 aliphatic rings. The van der Waals surface area contributed by atoms with Crippen molar-refractivity contribution in [2.45, 2.75) is 25.8 Å². The number of aromatic nitrogens is 3. The number of nitrogens with two attached hydrogens (primary N) is 2. The van der Waals surface area contributed by atoms with E-state index in [4.69, 9.17) is 11.5 Å². The predicted octanol–water partition coefficient (Wildman–Crippen LogP) is 0.759. The SMILES string of the molecule is CC[C@H](CCN)Nc1cc(N)n2ncc([N+](=O)[O-])c2n1. The highest BCUT2D eigenvalue weighted by Crippen LogP contribution is 2.22. The smallest absolute Gasteiger partial charge is 0.333 e. The summed E-state index contributed by atoms with van der Waals surface area (Å²) in [7, 11) is 0. The lowest BCUT2D eigenvalue weighted by atomic mass is 10.1. The summed E-state index contributed by atoms with van der Waals surface area (Å²) in [6.07, 6.45) is 2.79. The summed E-state index contributed by atoms with van der Waals surface area (Å²) in [5.41, 5.74) is 11.3. The molecule has 0 amide bonds. The average Bonchev–Trinajstić information content (AvgIpc) is 2.82. The molecule has 0 bridgehead atoms. The molecule has 0 saturated heterocycles. The van der Waals surface area contributed by atoms with Crippen molar-refractivity contribution >= 4 is 23.0 Å². The van der Waals surface area contributed by atoms with Crippen LogP contribution in [0.25, 0.3) is 5.65 Å². The van der Waals surface area contributed by atoms with Crippen molar-refractivity contribution in [2.75, 3.05) is 17.6 Å². The average molecular weight is 279 g/mol. The monoisotopic (exact) mass is 279 g/mol. The highest BCUT2D eigenvalue weighted by Gasteiger charge is 2.19. The van der Waals surface area contributed by atoms with Gasteiger partial charge in [-0.25, -0.2) is 4.98 Å². The minimum absolute atomic E-state index is 0.125. The highest BCUT2D eigenvalue weighted by molar-refractivity contribution is 5.65. The van der Waals surface area contributed by atoms with Crippen molar-refractivity contribution in [1.82, 2.24) is 14.6 Å². The second-order valence-electron chi connectivity index (χ2n) is 4.42. The van der Waals surface area contributed by atoms with Gasteiger partial charge in [-0.15, -0.1) is 0 Å². The van der Waals surface area contributed by atoms with Crippen LogP contribution < -0.4 is 16.8 Å². The van der Waals surface area contributed by atoms with E-state index >= 15 is 0 Å². The van der Waals surface area contributed by atoms with Crippen LogP contribution in [0.3, 0.4) is 0 Å². The van der Waals surface area contributed by atoms with Crippen molar-refractivity contribution in [3.63, 3.8) is 0 Å². The van der Waals surface area contributed by atoms with Gasteiger partial charge in [-0.3, -0.25) is 10.1 Å². The molecule has 2 rings (SSSR count). The zero-order chi connectivity index (χ0) is 14.7. The molecule has 20 heavy (non-hydrogen) atoms. The van der Waals surface area contributed by atoms with Crippen molar-refractivity contribution in [3.8, 4) is 0 Å². The normalized spacial score (nSPS) is 12.5. The van der Waals surface area contributed by atoms with Crippen molar-refractivity contribution in [3.05, 3.63) is 22.4 Å².